The van der Waals surface area contributed by atoms with Crippen LogP contribution in [0.4, 0.5) is 10.5 Å². The number of nitrogens with zero attached hydrogens (tertiary/aromatic N) is 2. The van der Waals surface area contributed by atoms with Gasteiger partial charge >= 0.3 is 12.0 Å². The zero-order valence-electron chi connectivity index (χ0n) is 17.4. The number of thiophene rings is 1. The van der Waals surface area contributed by atoms with Gasteiger partial charge in [-0.2, -0.15) is 0 Å². The number of aliphatic hydroxyl groups excluding tert-OH is 2. The minimum absolute atomic E-state index is 0.0553. The number of esters is 1. The standard InChI is InChI=1S/C20H27N3O6S/c1-4-28-18(26)16-15(22-19(27)23(5-7-24)6-8-25)13-9-12-11-29-20(2,3)10-14(12)21-17(13)30-16/h9,24-25H,4-8,10-11H2,1-3H3,(H,22,27). The van der Waals surface area contributed by atoms with Crippen molar-refractivity contribution in [2.24, 2.45) is 0 Å². The summed E-state index contributed by atoms with van der Waals surface area (Å²) in [5.74, 6) is -0.541. The fraction of sp³-hybridized carbons (Fsp3) is 0.550. The Bertz CT molecular complexity index is 936. The molecule has 3 N–H and O–H groups in total. The van der Waals surface area contributed by atoms with Crippen LogP contribution >= 0.6 is 11.3 Å². The lowest BCUT2D eigenvalue weighted by Crippen LogP contribution is -2.39. The van der Waals surface area contributed by atoms with Crippen LogP contribution in [0.2, 0.25) is 0 Å². The molecule has 2 amide bonds. The lowest BCUT2D eigenvalue weighted by Gasteiger charge is -2.31. The zero-order chi connectivity index (χ0) is 21.9. The maximum atomic E-state index is 12.7. The highest BCUT2D eigenvalue weighted by Crippen LogP contribution is 2.39. The maximum absolute atomic E-state index is 12.7. The molecule has 30 heavy (non-hydrogen) atoms. The summed E-state index contributed by atoms with van der Waals surface area (Å²) in [6.45, 7) is 5.93. The van der Waals surface area contributed by atoms with Gasteiger partial charge in [0.1, 0.15) is 9.71 Å². The largest absolute Gasteiger partial charge is 0.462 e. The topological polar surface area (TPSA) is 121 Å². The minimum Gasteiger partial charge on any atom is -0.462 e. The third-order valence-electron chi connectivity index (χ3n) is 4.78. The molecule has 0 radical (unpaired) electrons. The van der Waals surface area contributed by atoms with Crippen molar-refractivity contribution in [3.63, 3.8) is 0 Å². The quantitative estimate of drug-likeness (QED) is 0.568. The SMILES string of the molecule is CCOC(=O)c1sc2nc3c(cc2c1NC(=O)N(CCO)CCO)COC(C)(C)C3. The highest BCUT2D eigenvalue weighted by atomic mass is 32.1. The summed E-state index contributed by atoms with van der Waals surface area (Å²) in [5, 5.41) is 21.8. The van der Waals surface area contributed by atoms with E-state index in [4.69, 9.17) is 14.5 Å². The summed E-state index contributed by atoms with van der Waals surface area (Å²) >= 11 is 1.17. The van der Waals surface area contributed by atoms with E-state index in [1.807, 2.05) is 19.9 Å². The molecule has 0 bridgehead atoms. The second kappa shape index (κ2) is 9.25. The van der Waals surface area contributed by atoms with Crippen molar-refractivity contribution in [1.29, 1.82) is 0 Å². The highest BCUT2D eigenvalue weighted by molar-refractivity contribution is 7.21. The lowest BCUT2D eigenvalue weighted by molar-refractivity contribution is -0.0411. The van der Waals surface area contributed by atoms with Crippen LogP contribution in [0, 0.1) is 0 Å². The molecule has 1 aliphatic rings. The number of carbonyl (C=O) groups is 2. The second-order valence-corrected chi connectivity index (χ2v) is 8.56. The number of urea groups is 1. The number of carbonyl (C=O) groups excluding carboxylic acids is 2. The van der Waals surface area contributed by atoms with Gasteiger partial charge < -0.3 is 29.9 Å². The summed E-state index contributed by atoms with van der Waals surface area (Å²) in [6, 6.07) is 1.36. The monoisotopic (exact) mass is 437 g/mol. The number of hydrogen-bond donors (Lipinski definition) is 3. The molecule has 164 valence electrons. The van der Waals surface area contributed by atoms with E-state index < -0.39 is 12.0 Å². The molecule has 9 nitrogen and oxygen atoms in total. The van der Waals surface area contributed by atoms with Gasteiger partial charge in [-0.1, -0.05) is 0 Å². The van der Waals surface area contributed by atoms with Crippen molar-refractivity contribution in [3.05, 3.63) is 22.2 Å². The van der Waals surface area contributed by atoms with Crippen LogP contribution in [0.1, 0.15) is 41.7 Å². The predicted molar refractivity (Wildman–Crippen MR) is 113 cm³/mol. The number of pyridine rings is 1. The molecule has 0 spiro atoms. The van der Waals surface area contributed by atoms with Crippen molar-refractivity contribution in [1.82, 2.24) is 9.88 Å². The van der Waals surface area contributed by atoms with E-state index in [1.165, 1.54) is 16.2 Å². The predicted octanol–water partition coefficient (Wildman–Crippen LogP) is 2.14. The van der Waals surface area contributed by atoms with Crippen LogP contribution in [0.3, 0.4) is 0 Å². The number of rotatable bonds is 7. The van der Waals surface area contributed by atoms with Crippen LogP contribution in [0.5, 0.6) is 0 Å². The zero-order valence-corrected chi connectivity index (χ0v) is 18.2. The Labute approximate surface area is 178 Å². The van der Waals surface area contributed by atoms with Gasteiger partial charge in [0.15, 0.2) is 0 Å². The van der Waals surface area contributed by atoms with Crippen molar-refractivity contribution < 1.29 is 29.3 Å². The molecule has 3 rings (SSSR count). The van der Waals surface area contributed by atoms with E-state index in [-0.39, 0.29) is 43.4 Å². The van der Waals surface area contributed by atoms with E-state index >= 15 is 0 Å². The average Bonchev–Trinajstić information content (AvgIpc) is 3.03. The Morgan fingerprint density at radius 2 is 2.03 bits per heavy atom. The van der Waals surface area contributed by atoms with Gasteiger partial charge in [-0.15, -0.1) is 11.3 Å². The number of aromatic nitrogens is 1. The van der Waals surface area contributed by atoms with Crippen molar-refractivity contribution >= 4 is 39.2 Å². The second-order valence-electron chi connectivity index (χ2n) is 7.56. The Kier molecular flexibility index (Phi) is 6.91. The summed E-state index contributed by atoms with van der Waals surface area (Å²) in [6.07, 6.45) is 0.646. The van der Waals surface area contributed by atoms with Gasteiger partial charge in [0.05, 0.1) is 43.4 Å². The van der Waals surface area contributed by atoms with Gasteiger partial charge in [-0.05, 0) is 26.8 Å². The molecule has 0 aliphatic carbocycles. The molecular formula is C20H27N3O6S. The van der Waals surface area contributed by atoms with E-state index in [1.54, 1.807) is 6.92 Å². The van der Waals surface area contributed by atoms with E-state index in [9.17, 15) is 19.8 Å². The molecule has 0 unspecified atom stereocenters. The van der Waals surface area contributed by atoms with Crippen LogP contribution in [0.15, 0.2) is 6.07 Å². The Balaban J connectivity index is 2.04. The van der Waals surface area contributed by atoms with Crippen LogP contribution in [-0.4, -0.2) is 70.6 Å². The van der Waals surface area contributed by atoms with Gasteiger partial charge in [0, 0.05) is 30.5 Å². The molecule has 0 atom stereocenters. The average molecular weight is 438 g/mol. The minimum atomic E-state index is -0.541. The van der Waals surface area contributed by atoms with Crippen molar-refractivity contribution in [2.45, 2.75) is 39.4 Å². The van der Waals surface area contributed by atoms with Crippen LogP contribution in [-0.2, 0) is 22.5 Å². The van der Waals surface area contributed by atoms with Gasteiger partial charge in [0.25, 0.3) is 0 Å². The van der Waals surface area contributed by atoms with E-state index in [0.717, 1.165) is 11.3 Å². The number of ether oxygens (including phenoxy) is 2. The molecule has 10 heteroatoms. The van der Waals surface area contributed by atoms with Crippen LogP contribution < -0.4 is 5.32 Å². The summed E-state index contributed by atoms with van der Waals surface area (Å²) in [4.78, 5) is 32.2. The number of amides is 2. The molecule has 3 heterocycles. The first kappa shape index (κ1) is 22.4. The third kappa shape index (κ3) is 4.72. The Morgan fingerprint density at radius 3 is 2.67 bits per heavy atom. The molecule has 0 fully saturated rings. The molecule has 2 aromatic heterocycles. The number of hydrogen-bond acceptors (Lipinski definition) is 8. The first-order chi connectivity index (χ1) is 14.3. The molecule has 0 aromatic carbocycles. The fourth-order valence-corrected chi connectivity index (χ4v) is 4.34. The molecule has 2 aromatic rings. The van der Waals surface area contributed by atoms with Gasteiger partial charge in [-0.3, -0.25) is 0 Å². The fourth-order valence-electron chi connectivity index (χ4n) is 3.31. The number of aliphatic hydroxyl groups is 2. The third-order valence-corrected chi connectivity index (χ3v) is 5.86. The normalized spacial score (nSPS) is 15.0. The van der Waals surface area contributed by atoms with Gasteiger partial charge in [-0.25, -0.2) is 14.6 Å². The molecule has 0 saturated heterocycles. The Morgan fingerprint density at radius 1 is 1.33 bits per heavy atom. The summed E-state index contributed by atoms with van der Waals surface area (Å²) in [7, 11) is 0. The van der Waals surface area contributed by atoms with Crippen LogP contribution in [0.25, 0.3) is 10.2 Å². The van der Waals surface area contributed by atoms with E-state index in [2.05, 4.69) is 5.32 Å². The summed E-state index contributed by atoms with van der Waals surface area (Å²) in [5.41, 5.74) is 1.82. The highest BCUT2D eigenvalue weighted by Gasteiger charge is 2.30. The van der Waals surface area contributed by atoms with Crippen molar-refractivity contribution in [3.8, 4) is 0 Å². The maximum Gasteiger partial charge on any atom is 0.350 e. The lowest BCUT2D eigenvalue weighted by atomic mass is 9.95. The molecule has 1 aliphatic heterocycles. The number of fused-ring (bicyclic) bond motifs is 2. The smallest absolute Gasteiger partial charge is 0.350 e. The molecule has 0 saturated carbocycles. The van der Waals surface area contributed by atoms with E-state index in [0.29, 0.717) is 28.9 Å². The summed E-state index contributed by atoms with van der Waals surface area (Å²) < 4.78 is 11.0. The molecular weight excluding hydrogens is 410 g/mol. The first-order valence-electron chi connectivity index (χ1n) is 9.83. The number of nitrogens with one attached hydrogen (secondary N) is 1. The van der Waals surface area contributed by atoms with Gasteiger partial charge in [0.2, 0.25) is 0 Å². The first-order valence-corrected chi connectivity index (χ1v) is 10.6. The van der Waals surface area contributed by atoms with Crippen molar-refractivity contribution in [2.75, 3.05) is 38.2 Å². The Hall–Kier alpha value is -2.27. The number of anilines is 1.